The van der Waals surface area contributed by atoms with Crippen LogP contribution in [0, 0.1) is 12.7 Å². The number of hydrazine groups is 1. The zero-order chi connectivity index (χ0) is 13.8. The van der Waals surface area contributed by atoms with Gasteiger partial charge in [0.1, 0.15) is 11.6 Å². The molecule has 0 bridgehead atoms. The summed E-state index contributed by atoms with van der Waals surface area (Å²) in [6, 6.07) is 6.33. The van der Waals surface area contributed by atoms with E-state index in [0.717, 1.165) is 5.56 Å². The predicted octanol–water partition coefficient (Wildman–Crippen LogP) is 2.02. The molecule has 0 aliphatic heterocycles. The quantitative estimate of drug-likeness (QED) is 0.651. The smallest absolute Gasteiger partial charge is 0.162 e. The fourth-order valence-corrected chi connectivity index (χ4v) is 1.79. The fraction of sp³-hybridized carbons (Fsp3) is 0.231. The Morgan fingerprint density at radius 2 is 2.05 bits per heavy atom. The number of ether oxygens (including phenoxy) is 1. The molecule has 19 heavy (non-hydrogen) atoms. The van der Waals surface area contributed by atoms with E-state index >= 15 is 0 Å². The second-order valence-electron chi connectivity index (χ2n) is 4.16. The molecule has 3 N–H and O–H groups in total. The molecule has 6 heteroatoms. The number of hydrogen-bond acceptors (Lipinski definition) is 5. The van der Waals surface area contributed by atoms with Crippen molar-refractivity contribution in [3.05, 3.63) is 41.3 Å². The molecule has 0 saturated heterocycles. The Morgan fingerprint density at radius 3 is 2.68 bits per heavy atom. The maximum atomic E-state index is 13.4. The second-order valence-corrected chi connectivity index (χ2v) is 4.16. The summed E-state index contributed by atoms with van der Waals surface area (Å²) in [5.41, 5.74) is 4.54. The van der Waals surface area contributed by atoms with Gasteiger partial charge in [-0.2, -0.15) is 0 Å². The summed E-state index contributed by atoms with van der Waals surface area (Å²) in [5, 5.41) is 0. The molecule has 1 aromatic heterocycles. The van der Waals surface area contributed by atoms with Crippen LogP contribution in [-0.4, -0.2) is 17.1 Å². The number of nitrogen functional groups attached to an aromatic ring is 1. The lowest BCUT2D eigenvalue weighted by atomic mass is 10.1. The standard InChI is InChI=1S/C13H15FN4O/c1-8-3-9(5-10(14)4-8)13-16-11(7-19-2)6-12(17-13)18-15/h3-6H,7,15H2,1-2H3,(H,16,17,18). The van der Waals surface area contributed by atoms with Crippen LogP contribution in [0.25, 0.3) is 11.4 Å². The Bertz CT molecular complexity index is 569. The monoisotopic (exact) mass is 262 g/mol. The van der Waals surface area contributed by atoms with E-state index in [0.29, 0.717) is 29.5 Å². The van der Waals surface area contributed by atoms with Crippen molar-refractivity contribution >= 4 is 5.82 Å². The highest BCUT2D eigenvalue weighted by atomic mass is 19.1. The van der Waals surface area contributed by atoms with E-state index in [1.165, 1.54) is 12.1 Å². The van der Waals surface area contributed by atoms with Gasteiger partial charge in [0.2, 0.25) is 0 Å². The molecule has 0 aliphatic carbocycles. The van der Waals surface area contributed by atoms with Gasteiger partial charge < -0.3 is 10.2 Å². The van der Waals surface area contributed by atoms with Crippen molar-refractivity contribution in [2.75, 3.05) is 12.5 Å². The molecule has 0 saturated carbocycles. The average Bonchev–Trinajstić information content (AvgIpc) is 2.37. The summed E-state index contributed by atoms with van der Waals surface area (Å²) in [6.07, 6.45) is 0. The number of aromatic nitrogens is 2. The number of nitrogens with two attached hydrogens (primary N) is 1. The van der Waals surface area contributed by atoms with Gasteiger partial charge in [-0.25, -0.2) is 20.2 Å². The van der Waals surface area contributed by atoms with Crippen LogP contribution in [0.15, 0.2) is 24.3 Å². The summed E-state index contributed by atoms with van der Waals surface area (Å²) < 4.78 is 18.5. The van der Waals surface area contributed by atoms with Gasteiger partial charge in [0.15, 0.2) is 5.82 Å². The minimum absolute atomic E-state index is 0.321. The third-order valence-electron chi connectivity index (χ3n) is 2.52. The lowest BCUT2D eigenvalue weighted by Gasteiger charge is -2.08. The number of halogens is 1. The van der Waals surface area contributed by atoms with E-state index in [1.807, 2.05) is 13.0 Å². The largest absolute Gasteiger partial charge is 0.378 e. The molecule has 1 heterocycles. The molecule has 0 unspecified atom stereocenters. The summed E-state index contributed by atoms with van der Waals surface area (Å²) in [7, 11) is 1.57. The number of rotatable bonds is 4. The molecule has 2 aromatic rings. The minimum atomic E-state index is -0.321. The van der Waals surface area contributed by atoms with Crippen LogP contribution in [0.5, 0.6) is 0 Å². The van der Waals surface area contributed by atoms with Crippen LogP contribution in [-0.2, 0) is 11.3 Å². The highest BCUT2D eigenvalue weighted by Crippen LogP contribution is 2.20. The Morgan fingerprint density at radius 1 is 1.26 bits per heavy atom. The predicted molar refractivity (Wildman–Crippen MR) is 70.7 cm³/mol. The number of anilines is 1. The van der Waals surface area contributed by atoms with Crippen LogP contribution < -0.4 is 11.3 Å². The van der Waals surface area contributed by atoms with Crippen LogP contribution in [0.2, 0.25) is 0 Å². The molecule has 0 aliphatic rings. The van der Waals surface area contributed by atoms with Crippen molar-refractivity contribution in [2.45, 2.75) is 13.5 Å². The molecule has 100 valence electrons. The Labute approximate surface area is 110 Å². The average molecular weight is 262 g/mol. The topological polar surface area (TPSA) is 73.1 Å². The van der Waals surface area contributed by atoms with E-state index < -0.39 is 0 Å². The van der Waals surface area contributed by atoms with Crippen LogP contribution in [0.3, 0.4) is 0 Å². The molecular formula is C13H15FN4O. The second kappa shape index (κ2) is 5.73. The van der Waals surface area contributed by atoms with Crippen molar-refractivity contribution in [1.29, 1.82) is 0 Å². The fourth-order valence-electron chi connectivity index (χ4n) is 1.79. The molecule has 0 fully saturated rings. The Kier molecular flexibility index (Phi) is 4.03. The highest BCUT2D eigenvalue weighted by molar-refractivity contribution is 5.58. The number of nitrogens with one attached hydrogen (secondary N) is 1. The van der Waals surface area contributed by atoms with Crippen molar-refractivity contribution in [1.82, 2.24) is 9.97 Å². The number of aryl methyl sites for hydroxylation is 1. The van der Waals surface area contributed by atoms with Gasteiger partial charge in [-0.15, -0.1) is 0 Å². The first kappa shape index (κ1) is 13.4. The van der Waals surface area contributed by atoms with Crippen LogP contribution >= 0.6 is 0 Å². The maximum Gasteiger partial charge on any atom is 0.162 e. The first-order chi connectivity index (χ1) is 9.12. The normalized spacial score (nSPS) is 10.5. The van der Waals surface area contributed by atoms with Crippen molar-refractivity contribution in [3.63, 3.8) is 0 Å². The molecule has 2 rings (SSSR count). The lowest BCUT2D eigenvalue weighted by Crippen LogP contribution is -2.11. The van der Waals surface area contributed by atoms with E-state index in [1.54, 1.807) is 13.2 Å². The maximum absolute atomic E-state index is 13.4. The van der Waals surface area contributed by atoms with Crippen molar-refractivity contribution in [2.24, 2.45) is 5.84 Å². The lowest BCUT2D eigenvalue weighted by molar-refractivity contribution is 0.181. The molecule has 0 amide bonds. The van der Waals surface area contributed by atoms with Gasteiger partial charge in [0.25, 0.3) is 0 Å². The molecule has 1 aromatic carbocycles. The molecule has 0 radical (unpaired) electrons. The van der Waals surface area contributed by atoms with Crippen molar-refractivity contribution in [3.8, 4) is 11.4 Å². The SMILES string of the molecule is COCc1cc(NN)nc(-c2cc(C)cc(F)c2)n1. The van der Waals surface area contributed by atoms with E-state index in [2.05, 4.69) is 15.4 Å². The third kappa shape index (κ3) is 3.24. The summed E-state index contributed by atoms with van der Waals surface area (Å²) in [5.74, 6) is 5.91. The summed E-state index contributed by atoms with van der Waals surface area (Å²) in [4.78, 5) is 8.54. The molecular weight excluding hydrogens is 247 g/mol. The van der Waals surface area contributed by atoms with Crippen LogP contribution in [0.4, 0.5) is 10.2 Å². The van der Waals surface area contributed by atoms with Gasteiger partial charge >= 0.3 is 0 Å². The first-order valence-corrected chi connectivity index (χ1v) is 5.73. The summed E-state index contributed by atoms with van der Waals surface area (Å²) >= 11 is 0. The van der Waals surface area contributed by atoms with Gasteiger partial charge in [-0.3, -0.25) is 0 Å². The zero-order valence-electron chi connectivity index (χ0n) is 10.8. The Hall–Kier alpha value is -2.05. The number of benzene rings is 1. The number of hydrogen-bond donors (Lipinski definition) is 2. The first-order valence-electron chi connectivity index (χ1n) is 5.73. The van der Waals surface area contributed by atoms with E-state index in [4.69, 9.17) is 10.6 Å². The number of methoxy groups -OCH3 is 1. The Balaban J connectivity index is 2.50. The molecule has 5 nitrogen and oxygen atoms in total. The van der Waals surface area contributed by atoms with Gasteiger partial charge in [0.05, 0.1) is 12.3 Å². The minimum Gasteiger partial charge on any atom is -0.378 e. The molecule has 0 spiro atoms. The van der Waals surface area contributed by atoms with E-state index in [9.17, 15) is 4.39 Å². The van der Waals surface area contributed by atoms with Gasteiger partial charge in [0, 0.05) is 18.7 Å². The van der Waals surface area contributed by atoms with Gasteiger partial charge in [-0.1, -0.05) is 0 Å². The third-order valence-corrected chi connectivity index (χ3v) is 2.52. The van der Waals surface area contributed by atoms with E-state index in [-0.39, 0.29) is 5.82 Å². The zero-order valence-corrected chi connectivity index (χ0v) is 10.8. The highest BCUT2D eigenvalue weighted by Gasteiger charge is 2.08. The molecule has 0 atom stereocenters. The van der Waals surface area contributed by atoms with Crippen LogP contribution in [0.1, 0.15) is 11.3 Å². The van der Waals surface area contributed by atoms with Gasteiger partial charge in [-0.05, 0) is 30.7 Å². The van der Waals surface area contributed by atoms with Crippen molar-refractivity contribution < 1.29 is 9.13 Å². The number of nitrogens with zero attached hydrogens (tertiary/aromatic N) is 2. The summed E-state index contributed by atoms with van der Waals surface area (Å²) in [6.45, 7) is 2.15.